The van der Waals surface area contributed by atoms with Gasteiger partial charge in [0.05, 0.1) is 26.2 Å². The molecule has 0 aromatic carbocycles. The Morgan fingerprint density at radius 2 is 1.74 bits per heavy atom. The topological polar surface area (TPSA) is 55.0 Å². The van der Waals surface area contributed by atoms with Crippen LogP contribution in [0.1, 0.15) is 13.8 Å². The van der Waals surface area contributed by atoms with Crippen molar-refractivity contribution in [2.24, 2.45) is 5.11 Å². The molecule has 0 aromatic rings. The SMILES string of the molecule is CCN1CC[N+](CC)=C1N=[N+]=[N-].F[P-](F)(F)(F)(F)F. The Morgan fingerprint density at radius 1 is 1.26 bits per heavy atom. The second-order valence-electron chi connectivity index (χ2n) is 3.61. The first-order valence-corrected chi connectivity index (χ1v) is 7.29. The van der Waals surface area contributed by atoms with Crippen LogP contribution in [0.25, 0.3) is 10.4 Å². The fraction of sp³-hybridized carbons (Fsp3) is 0.857. The summed E-state index contributed by atoms with van der Waals surface area (Å²) in [5.74, 6) is 0.780. The molecule has 12 heteroatoms. The van der Waals surface area contributed by atoms with Crippen molar-refractivity contribution < 1.29 is 29.8 Å². The molecule has 0 N–H and O–H groups in total. The zero-order chi connectivity index (χ0) is 15.4. The van der Waals surface area contributed by atoms with Crippen molar-refractivity contribution >= 4 is 13.8 Å². The maximum atomic E-state index is 9.87. The van der Waals surface area contributed by atoms with Gasteiger partial charge in [-0.2, -0.15) is 0 Å². The number of guanidine groups is 1. The maximum absolute atomic E-state index is 10.7. The fourth-order valence-electron chi connectivity index (χ4n) is 1.41. The number of rotatable bonds is 2. The van der Waals surface area contributed by atoms with Gasteiger partial charge < -0.3 is 0 Å². The minimum absolute atomic E-state index is 0.780. The van der Waals surface area contributed by atoms with E-state index >= 15 is 0 Å². The van der Waals surface area contributed by atoms with Gasteiger partial charge in [0, 0.05) is 10.0 Å². The van der Waals surface area contributed by atoms with E-state index in [0.29, 0.717) is 0 Å². The second kappa shape index (κ2) is 5.05. The molecule has 114 valence electrons. The summed E-state index contributed by atoms with van der Waals surface area (Å²) in [6.45, 7) is 7.88. The molecule has 0 atom stereocenters. The van der Waals surface area contributed by atoms with Crippen LogP contribution in [0.3, 0.4) is 0 Å². The molecule has 0 amide bonds. The van der Waals surface area contributed by atoms with Crippen molar-refractivity contribution in [2.75, 3.05) is 26.2 Å². The molecule has 0 saturated heterocycles. The quantitative estimate of drug-likeness (QED) is 0.186. The summed E-state index contributed by atoms with van der Waals surface area (Å²) in [4.78, 5) is 4.91. The molecule has 1 aliphatic heterocycles. The van der Waals surface area contributed by atoms with Crippen LogP contribution in [0.2, 0.25) is 0 Å². The molecule has 0 aliphatic carbocycles. The predicted molar refractivity (Wildman–Crippen MR) is 60.6 cm³/mol. The zero-order valence-corrected chi connectivity index (χ0v) is 11.2. The minimum atomic E-state index is -10.7. The number of nitrogens with zero attached hydrogens (tertiary/aromatic N) is 5. The molecular weight excluding hydrogens is 299 g/mol. The Kier molecular flexibility index (Phi) is 4.73. The third kappa shape index (κ3) is 10.4. The number of hydrogen-bond acceptors (Lipinski definition) is 2. The summed E-state index contributed by atoms with van der Waals surface area (Å²) in [6, 6.07) is 0. The summed E-state index contributed by atoms with van der Waals surface area (Å²) in [5, 5.41) is 3.68. The molecule has 1 heterocycles. The van der Waals surface area contributed by atoms with E-state index in [-0.39, 0.29) is 0 Å². The first-order chi connectivity index (χ1) is 8.28. The van der Waals surface area contributed by atoms with Gasteiger partial charge >= 0.3 is 33.0 Å². The van der Waals surface area contributed by atoms with E-state index in [0.717, 1.165) is 32.1 Å². The Hall–Kier alpha value is -1.21. The Labute approximate surface area is 105 Å². The Bertz CT molecular complexity index is 397. The van der Waals surface area contributed by atoms with E-state index in [4.69, 9.17) is 5.53 Å². The van der Waals surface area contributed by atoms with Gasteiger partial charge in [0.25, 0.3) is 5.96 Å². The number of likely N-dealkylation sites (N-methyl/N-ethyl adjacent to an activating group) is 2. The molecule has 0 saturated carbocycles. The number of hydrogen-bond donors (Lipinski definition) is 0. The molecule has 0 fully saturated rings. The molecule has 1 rings (SSSR count). The van der Waals surface area contributed by atoms with Crippen molar-refractivity contribution in [1.82, 2.24) is 4.90 Å². The summed E-state index contributed by atoms with van der Waals surface area (Å²) >= 11 is 0. The van der Waals surface area contributed by atoms with Crippen molar-refractivity contribution in [3.63, 3.8) is 0 Å². The van der Waals surface area contributed by atoms with Gasteiger partial charge in [-0.1, -0.05) is 0 Å². The molecule has 1 aliphatic rings. The van der Waals surface area contributed by atoms with Crippen molar-refractivity contribution in [3.05, 3.63) is 10.4 Å². The Balaban J connectivity index is 0.000000399. The predicted octanol–water partition coefficient (Wildman–Crippen LogP) is 4.40. The molecule has 0 unspecified atom stereocenters. The van der Waals surface area contributed by atoms with Gasteiger partial charge in [-0.05, 0) is 19.4 Å². The van der Waals surface area contributed by atoms with Crippen LogP contribution in [-0.4, -0.2) is 41.6 Å². The van der Waals surface area contributed by atoms with Crippen LogP contribution < -0.4 is 0 Å². The van der Waals surface area contributed by atoms with E-state index < -0.39 is 7.81 Å². The summed E-state index contributed by atoms with van der Waals surface area (Å²) in [7, 11) is -10.7. The average molecular weight is 313 g/mol. The molecule has 0 bridgehead atoms. The van der Waals surface area contributed by atoms with Crippen molar-refractivity contribution in [1.29, 1.82) is 0 Å². The molecule has 0 radical (unpaired) electrons. The van der Waals surface area contributed by atoms with Gasteiger partial charge in [-0.25, -0.2) is 0 Å². The Morgan fingerprint density at radius 3 is 2.05 bits per heavy atom. The summed E-state index contributed by atoms with van der Waals surface area (Å²) < 4.78 is 61.3. The van der Waals surface area contributed by atoms with E-state index in [1.807, 2.05) is 0 Å². The molecule has 19 heavy (non-hydrogen) atoms. The van der Waals surface area contributed by atoms with Gasteiger partial charge in [-0.3, -0.25) is 9.48 Å². The number of halogens is 6. The van der Waals surface area contributed by atoms with Gasteiger partial charge in [0.15, 0.2) is 0 Å². The monoisotopic (exact) mass is 313 g/mol. The zero-order valence-electron chi connectivity index (χ0n) is 10.3. The first-order valence-electron chi connectivity index (χ1n) is 5.26. The van der Waals surface area contributed by atoms with Crippen LogP contribution in [0.4, 0.5) is 25.2 Å². The van der Waals surface area contributed by atoms with E-state index in [1.165, 1.54) is 0 Å². The standard InChI is InChI=1S/C7H14N5.F6P/c1-3-11-5-6-12(4-2)7(11)9-10-8;1-7(2,3,4,5)6/h3-6H2,1-2H3;/q+1;-1. The van der Waals surface area contributed by atoms with E-state index in [9.17, 15) is 25.2 Å². The van der Waals surface area contributed by atoms with Gasteiger partial charge in [0.2, 0.25) is 0 Å². The van der Waals surface area contributed by atoms with Crippen molar-refractivity contribution in [3.8, 4) is 0 Å². The van der Waals surface area contributed by atoms with Crippen LogP contribution >= 0.6 is 7.81 Å². The normalized spacial score (nSPS) is 19.1. The van der Waals surface area contributed by atoms with Crippen LogP contribution in [0.15, 0.2) is 5.11 Å². The molecule has 5 nitrogen and oxygen atoms in total. The second-order valence-corrected chi connectivity index (χ2v) is 5.52. The van der Waals surface area contributed by atoms with Gasteiger partial charge in [0.1, 0.15) is 0 Å². The molecule has 0 spiro atoms. The van der Waals surface area contributed by atoms with Crippen LogP contribution in [0.5, 0.6) is 0 Å². The van der Waals surface area contributed by atoms with E-state index in [2.05, 4.69) is 33.3 Å². The third-order valence-electron chi connectivity index (χ3n) is 2.10. The van der Waals surface area contributed by atoms with Crippen LogP contribution in [0, 0.1) is 0 Å². The number of azide groups is 1. The molecule has 0 aromatic heterocycles. The van der Waals surface area contributed by atoms with Crippen molar-refractivity contribution in [2.45, 2.75) is 13.8 Å². The first kappa shape index (κ1) is 17.8. The van der Waals surface area contributed by atoms with E-state index in [1.54, 1.807) is 0 Å². The average Bonchev–Trinajstić information content (AvgIpc) is 2.56. The third-order valence-corrected chi connectivity index (χ3v) is 2.10. The summed E-state index contributed by atoms with van der Waals surface area (Å²) in [6.07, 6.45) is 0. The van der Waals surface area contributed by atoms with Crippen LogP contribution in [-0.2, 0) is 0 Å². The molecular formula is C7H14F6N5P. The fourth-order valence-corrected chi connectivity index (χ4v) is 1.41. The van der Waals surface area contributed by atoms with Gasteiger partial charge in [-0.15, -0.1) is 0 Å². The summed E-state index contributed by atoms with van der Waals surface area (Å²) in [5.41, 5.74) is 8.34.